The normalized spacial score (nSPS) is 10.6. The fourth-order valence-electron chi connectivity index (χ4n) is 0.762. The molecule has 0 bridgehead atoms. The van der Waals surface area contributed by atoms with E-state index in [2.05, 4.69) is 4.74 Å². The smallest absolute Gasteiger partial charge is 0.348 e. The SMILES string of the molecule is COC(=O)/C(C#N)=C\c1cccs1. The molecule has 0 aromatic carbocycles. The van der Waals surface area contributed by atoms with E-state index >= 15 is 0 Å². The zero-order valence-electron chi connectivity index (χ0n) is 6.98. The highest BCUT2D eigenvalue weighted by Crippen LogP contribution is 2.13. The first-order valence-electron chi connectivity index (χ1n) is 3.51. The van der Waals surface area contributed by atoms with Crippen LogP contribution in [0.4, 0.5) is 0 Å². The summed E-state index contributed by atoms with van der Waals surface area (Å²) in [4.78, 5) is 11.8. The summed E-state index contributed by atoms with van der Waals surface area (Å²) in [6, 6.07) is 5.46. The van der Waals surface area contributed by atoms with E-state index in [0.717, 1.165) is 4.88 Å². The molecule has 4 heteroatoms. The molecule has 3 nitrogen and oxygen atoms in total. The minimum absolute atomic E-state index is 0.0185. The second-order valence-corrected chi connectivity index (χ2v) is 3.16. The monoisotopic (exact) mass is 193 g/mol. The third-order valence-corrected chi connectivity index (χ3v) is 2.17. The fourth-order valence-corrected chi connectivity index (χ4v) is 1.42. The molecular formula is C9H7NO2S. The van der Waals surface area contributed by atoms with Crippen molar-refractivity contribution < 1.29 is 9.53 Å². The van der Waals surface area contributed by atoms with Gasteiger partial charge in [-0.15, -0.1) is 11.3 Å². The molecule has 0 radical (unpaired) electrons. The summed E-state index contributed by atoms with van der Waals surface area (Å²) in [5.41, 5.74) is 0.0185. The predicted octanol–water partition coefficient (Wildman–Crippen LogP) is 1.83. The molecule has 1 aromatic heterocycles. The van der Waals surface area contributed by atoms with Crippen molar-refractivity contribution in [3.05, 3.63) is 28.0 Å². The van der Waals surface area contributed by atoms with Gasteiger partial charge in [0.15, 0.2) is 0 Å². The largest absolute Gasteiger partial charge is 0.465 e. The first-order chi connectivity index (χ1) is 6.27. The molecule has 0 N–H and O–H groups in total. The number of methoxy groups -OCH3 is 1. The minimum Gasteiger partial charge on any atom is -0.465 e. The molecule has 0 atom stereocenters. The second-order valence-electron chi connectivity index (χ2n) is 2.18. The van der Waals surface area contributed by atoms with Crippen molar-refractivity contribution >= 4 is 23.4 Å². The van der Waals surface area contributed by atoms with E-state index in [9.17, 15) is 4.79 Å². The van der Waals surface area contributed by atoms with Crippen molar-refractivity contribution in [2.24, 2.45) is 0 Å². The molecule has 66 valence electrons. The Labute approximate surface area is 79.9 Å². The van der Waals surface area contributed by atoms with Crippen LogP contribution in [0.25, 0.3) is 6.08 Å². The molecule has 0 saturated carbocycles. The number of ether oxygens (including phenoxy) is 1. The lowest BCUT2D eigenvalue weighted by Crippen LogP contribution is -2.02. The van der Waals surface area contributed by atoms with Crippen LogP contribution in [0, 0.1) is 11.3 Å². The molecule has 0 aliphatic rings. The third kappa shape index (κ3) is 2.42. The maximum absolute atomic E-state index is 11.0. The van der Waals surface area contributed by atoms with Crippen LogP contribution in [0.15, 0.2) is 23.1 Å². The fraction of sp³-hybridized carbons (Fsp3) is 0.111. The van der Waals surface area contributed by atoms with Gasteiger partial charge in [0.1, 0.15) is 11.6 Å². The molecular weight excluding hydrogens is 186 g/mol. The second kappa shape index (κ2) is 4.43. The molecule has 0 aliphatic heterocycles. The van der Waals surface area contributed by atoms with Crippen LogP contribution in [0.2, 0.25) is 0 Å². The summed E-state index contributed by atoms with van der Waals surface area (Å²) in [5, 5.41) is 10.5. The number of carbonyl (C=O) groups is 1. The first-order valence-corrected chi connectivity index (χ1v) is 4.39. The number of carbonyl (C=O) groups excluding carboxylic acids is 1. The van der Waals surface area contributed by atoms with E-state index in [1.54, 1.807) is 6.07 Å². The molecule has 1 rings (SSSR count). The third-order valence-electron chi connectivity index (χ3n) is 1.36. The van der Waals surface area contributed by atoms with Gasteiger partial charge in [0.25, 0.3) is 0 Å². The van der Waals surface area contributed by atoms with E-state index in [-0.39, 0.29) is 5.57 Å². The number of hydrogen-bond donors (Lipinski definition) is 0. The predicted molar refractivity (Wildman–Crippen MR) is 49.9 cm³/mol. The lowest BCUT2D eigenvalue weighted by Gasteiger charge is -1.93. The zero-order chi connectivity index (χ0) is 9.68. The van der Waals surface area contributed by atoms with Crippen LogP contribution in [0.5, 0.6) is 0 Å². The number of hydrogen-bond acceptors (Lipinski definition) is 4. The molecule has 0 spiro atoms. The first kappa shape index (κ1) is 9.49. The van der Waals surface area contributed by atoms with Crippen molar-refractivity contribution in [1.82, 2.24) is 0 Å². The summed E-state index contributed by atoms with van der Waals surface area (Å²) in [7, 11) is 1.25. The minimum atomic E-state index is -0.601. The van der Waals surface area contributed by atoms with Crippen molar-refractivity contribution in [3.63, 3.8) is 0 Å². The maximum Gasteiger partial charge on any atom is 0.348 e. The van der Waals surface area contributed by atoms with E-state index < -0.39 is 5.97 Å². The van der Waals surface area contributed by atoms with Gasteiger partial charge in [-0.2, -0.15) is 5.26 Å². The van der Waals surface area contributed by atoms with Crippen LogP contribution in [-0.4, -0.2) is 13.1 Å². The summed E-state index contributed by atoms with van der Waals surface area (Å²) >= 11 is 1.46. The van der Waals surface area contributed by atoms with E-state index in [4.69, 9.17) is 5.26 Å². The Kier molecular flexibility index (Phi) is 3.23. The zero-order valence-corrected chi connectivity index (χ0v) is 7.80. The van der Waals surface area contributed by atoms with Crippen LogP contribution < -0.4 is 0 Å². The Hall–Kier alpha value is -1.60. The average molecular weight is 193 g/mol. The Morgan fingerprint density at radius 1 is 1.77 bits per heavy atom. The lowest BCUT2D eigenvalue weighted by molar-refractivity contribution is -0.135. The summed E-state index contributed by atoms with van der Waals surface area (Å²) in [6.07, 6.45) is 1.51. The van der Waals surface area contributed by atoms with Crippen molar-refractivity contribution in [2.75, 3.05) is 7.11 Å². The summed E-state index contributed by atoms with van der Waals surface area (Å²) in [5.74, 6) is -0.601. The number of nitrogens with zero attached hydrogens (tertiary/aromatic N) is 1. The average Bonchev–Trinajstić information content (AvgIpc) is 2.65. The Morgan fingerprint density at radius 2 is 2.54 bits per heavy atom. The van der Waals surface area contributed by atoms with Crippen molar-refractivity contribution in [3.8, 4) is 6.07 Å². The number of thiophene rings is 1. The van der Waals surface area contributed by atoms with Gasteiger partial charge in [0.05, 0.1) is 7.11 Å². The van der Waals surface area contributed by atoms with Crippen LogP contribution >= 0.6 is 11.3 Å². The molecule has 1 aromatic rings. The Bertz CT molecular complexity index is 359. The molecule has 0 aliphatic carbocycles. The highest BCUT2D eigenvalue weighted by Gasteiger charge is 2.07. The van der Waals surface area contributed by atoms with Crippen LogP contribution in [-0.2, 0) is 9.53 Å². The summed E-state index contributed by atoms with van der Waals surface area (Å²) in [6.45, 7) is 0. The topological polar surface area (TPSA) is 50.1 Å². The van der Waals surface area contributed by atoms with Crippen LogP contribution in [0.3, 0.4) is 0 Å². The quantitative estimate of drug-likeness (QED) is 0.409. The van der Waals surface area contributed by atoms with Gasteiger partial charge in [-0.3, -0.25) is 0 Å². The van der Waals surface area contributed by atoms with E-state index in [0.29, 0.717) is 0 Å². The Morgan fingerprint density at radius 3 is 3.00 bits per heavy atom. The van der Waals surface area contributed by atoms with Gasteiger partial charge < -0.3 is 4.74 Å². The van der Waals surface area contributed by atoms with Crippen molar-refractivity contribution in [1.29, 1.82) is 5.26 Å². The highest BCUT2D eigenvalue weighted by atomic mass is 32.1. The van der Waals surface area contributed by atoms with Crippen LogP contribution in [0.1, 0.15) is 4.88 Å². The van der Waals surface area contributed by atoms with E-state index in [1.165, 1.54) is 24.5 Å². The van der Waals surface area contributed by atoms with E-state index in [1.807, 2.05) is 17.5 Å². The standard InChI is InChI=1S/C9H7NO2S/c1-12-9(11)7(6-10)5-8-3-2-4-13-8/h2-5H,1H3/b7-5-. The molecule has 0 amide bonds. The molecule has 0 fully saturated rings. The van der Waals surface area contributed by atoms with Gasteiger partial charge in [-0.25, -0.2) is 4.79 Å². The lowest BCUT2D eigenvalue weighted by atomic mass is 10.2. The molecule has 0 saturated heterocycles. The summed E-state index contributed by atoms with van der Waals surface area (Å²) < 4.78 is 4.43. The number of rotatable bonds is 2. The van der Waals surface area contributed by atoms with Gasteiger partial charge in [-0.05, 0) is 17.5 Å². The maximum atomic E-state index is 11.0. The van der Waals surface area contributed by atoms with Gasteiger partial charge >= 0.3 is 5.97 Å². The molecule has 13 heavy (non-hydrogen) atoms. The number of esters is 1. The Balaban J connectivity index is 2.91. The van der Waals surface area contributed by atoms with Gasteiger partial charge in [0.2, 0.25) is 0 Å². The molecule has 0 unspecified atom stereocenters. The van der Waals surface area contributed by atoms with Gasteiger partial charge in [0, 0.05) is 4.88 Å². The van der Waals surface area contributed by atoms with Gasteiger partial charge in [-0.1, -0.05) is 6.07 Å². The highest BCUT2D eigenvalue weighted by molar-refractivity contribution is 7.10. The number of nitriles is 1. The van der Waals surface area contributed by atoms with Crippen molar-refractivity contribution in [2.45, 2.75) is 0 Å². The molecule has 1 heterocycles.